The van der Waals surface area contributed by atoms with Crippen molar-refractivity contribution in [3.63, 3.8) is 0 Å². The number of anilines is 1. The molecule has 1 rings (SSSR count). The van der Waals surface area contributed by atoms with Gasteiger partial charge in [-0.1, -0.05) is 0 Å². The Morgan fingerprint density at radius 3 is 2.23 bits per heavy atom. The molecule has 0 unspecified atom stereocenters. The lowest BCUT2D eigenvalue weighted by atomic mass is 10.3. The van der Waals surface area contributed by atoms with Crippen molar-refractivity contribution >= 4 is 15.7 Å². The molecule has 0 spiro atoms. The van der Waals surface area contributed by atoms with Gasteiger partial charge in [-0.05, 0) is 24.3 Å². The maximum Gasteiger partial charge on any atom is 0.242 e. The Bertz CT molecular complexity index is 428. The Labute approximate surface area is 80.9 Å². The van der Waals surface area contributed by atoms with Gasteiger partial charge in [0.15, 0.2) is 2.82 Å². The second kappa shape index (κ2) is 3.35. The van der Waals surface area contributed by atoms with Crippen molar-refractivity contribution in [1.82, 2.24) is 4.31 Å². The lowest BCUT2D eigenvalue weighted by Crippen LogP contribution is -2.22. The van der Waals surface area contributed by atoms with E-state index in [0.717, 1.165) is 4.31 Å². The van der Waals surface area contributed by atoms with Crippen molar-refractivity contribution < 1.29 is 11.2 Å². The summed E-state index contributed by atoms with van der Waals surface area (Å²) in [6, 6.07) is 5.58. The molecule has 4 nitrogen and oxygen atoms in total. The van der Waals surface area contributed by atoms with E-state index >= 15 is 0 Å². The molecule has 0 saturated carbocycles. The third-order valence-electron chi connectivity index (χ3n) is 1.62. The molecule has 0 atom stereocenters. The molecule has 0 aliphatic heterocycles. The number of nitrogen functional groups attached to an aromatic ring is 1. The van der Waals surface area contributed by atoms with Gasteiger partial charge in [-0.15, -0.1) is 0 Å². The Kier molecular flexibility index (Phi) is 1.89. The Morgan fingerprint density at radius 2 is 1.85 bits per heavy atom. The predicted octanol–water partition coefficient (Wildman–Crippen LogP) is 0.519. The summed E-state index contributed by atoms with van der Waals surface area (Å²) in [5.41, 5.74) is 0.735. The van der Waals surface area contributed by atoms with Gasteiger partial charge in [-0.2, -0.15) is 0 Å². The average Bonchev–Trinajstić information content (AvgIpc) is 2.17. The third kappa shape index (κ3) is 1.99. The van der Waals surface area contributed by atoms with E-state index in [1.807, 2.05) is 0 Å². The van der Waals surface area contributed by atoms with Crippen LogP contribution in [-0.4, -0.2) is 26.8 Å². The number of nitrogens with two attached hydrogens (primary N) is 1. The van der Waals surface area contributed by atoms with Gasteiger partial charge in [-0.3, -0.25) is 0 Å². The van der Waals surface area contributed by atoms with Gasteiger partial charge in [0.1, 0.15) is 0 Å². The van der Waals surface area contributed by atoms with E-state index in [0.29, 0.717) is 11.4 Å². The topological polar surface area (TPSA) is 63.4 Å². The highest BCUT2D eigenvalue weighted by Crippen LogP contribution is 2.14. The van der Waals surface area contributed by atoms with Gasteiger partial charge in [0.2, 0.25) is 10.0 Å². The summed E-state index contributed by atoms with van der Waals surface area (Å²) in [7, 11) is -0.529. The quantitative estimate of drug-likeness (QED) is 0.727. The summed E-state index contributed by atoms with van der Waals surface area (Å²) in [6.45, 7) is 0. The van der Waals surface area contributed by atoms with E-state index in [1.54, 1.807) is 0 Å². The molecule has 1 aromatic carbocycles. The lowest BCUT2D eigenvalue weighted by Gasteiger charge is -2.10. The molecule has 72 valence electrons. The van der Waals surface area contributed by atoms with Gasteiger partial charge < -0.3 is 5.72 Å². The molecule has 0 radical (unpaired) electrons. The first-order valence-corrected chi connectivity index (χ1v) is 5.10. The number of benzene rings is 1. The lowest BCUT2D eigenvalue weighted by molar-refractivity contribution is 0.521. The fraction of sp³-hybridized carbons (Fsp3) is 0.250. The molecular weight excluding hydrogens is 188 g/mol. The van der Waals surface area contributed by atoms with Crippen molar-refractivity contribution in [2.45, 2.75) is 4.90 Å². The van der Waals surface area contributed by atoms with Crippen LogP contribution in [0.2, 0.25) is 2.82 Å². The molecule has 13 heavy (non-hydrogen) atoms. The van der Waals surface area contributed by atoms with E-state index in [9.17, 15) is 8.42 Å². The zero-order valence-corrected chi connectivity index (χ0v) is 8.25. The summed E-state index contributed by atoms with van der Waals surface area (Å²) in [4.78, 5) is 0.151. The van der Waals surface area contributed by atoms with Crippen LogP contribution in [0.15, 0.2) is 29.2 Å². The second-order valence-electron chi connectivity index (χ2n) is 2.78. The van der Waals surface area contributed by atoms with E-state index in [-0.39, 0.29) is 4.90 Å². The standard InChI is InChI=1S/C8H12N2O2S/c1-10(2)13(11,12)8-5-3-7(9)4-6-8/h3-6H,9H2,1-2H3/i/hD2. The molecule has 0 aliphatic rings. The molecule has 0 aliphatic carbocycles. The fourth-order valence-electron chi connectivity index (χ4n) is 0.829. The zero-order valence-electron chi connectivity index (χ0n) is 9.43. The van der Waals surface area contributed by atoms with E-state index in [4.69, 9.17) is 2.82 Å². The summed E-state index contributed by atoms with van der Waals surface area (Å²) in [5, 5.41) is 0. The second-order valence-corrected chi connectivity index (χ2v) is 4.93. The van der Waals surface area contributed by atoms with Crippen molar-refractivity contribution in [1.29, 1.82) is 0 Å². The fourth-order valence-corrected chi connectivity index (χ4v) is 1.73. The van der Waals surface area contributed by atoms with E-state index in [2.05, 4.69) is 0 Å². The first-order chi connectivity index (χ1) is 6.85. The van der Waals surface area contributed by atoms with Crippen LogP contribution < -0.4 is 5.72 Å². The molecule has 0 amide bonds. The minimum atomic E-state index is -3.43. The van der Waals surface area contributed by atoms with Crippen LogP contribution in [-0.2, 0) is 10.0 Å². The highest BCUT2D eigenvalue weighted by molar-refractivity contribution is 7.89. The van der Waals surface area contributed by atoms with Gasteiger partial charge in [-0.25, -0.2) is 12.7 Å². The van der Waals surface area contributed by atoms with Crippen LogP contribution in [0.5, 0.6) is 0 Å². The summed E-state index contributed by atoms with van der Waals surface area (Å²) in [6.07, 6.45) is 0. The van der Waals surface area contributed by atoms with Crippen molar-refractivity contribution in [2.24, 2.45) is 0 Å². The minimum Gasteiger partial charge on any atom is -0.399 e. The van der Waals surface area contributed by atoms with Crippen LogP contribution in [0.1, 0.15) is 0 Å². The van der Waals surface area contributed by atoms with Crippen LogP contribution in [0.25, 0.3) is 0 Å². The number of nitrogens with zero attached hydrogens (tertiary/aromatic N) is 1. The third-order valence-corrected chi connectivity index (χ3v) is 3.44. The van der Waals surface area contributed by atoms with Crippen LogP contribution in [0, 0.1) is 0 Å². The highest BCUT2D eigenvalue weighted by Gasteiger charge is 2.15. The molecule has 0 saturated heterocycles. The largest absolute Gasteiger partial charge is 0.399 e. The van der Waals surface area contributed by atoms with Gasteiger partial charge in [0.05, 0.1) is 4.90 Å². The van der Waals surface area contributed by atoms with Gasteiger partial charge >= 0.3 is 0 Å². The molecule has 0 fully saturated rings. The Hall–Kier alpha value is -1.07. The predicted molar refractivity (Wildman–Crippen MR) is 51.7 cm³/mol. The van der Waals surface area contributed by atoms with Gasteiger partial charge in [0.25, 0.3) is 0 Å². The van der Waals surface area contributed by atoms with Crippen LogP contribution >= 0.6 is 0 Å². The molecular formula is C8H12N2O2S. The SMILES string of the molecule is [2H]N([2H])c1ccc(S(=O)(=O)N(C)C)cc1. The first-order valence-electron chi connectivity index (χ1n) is 4.55. The van der Waals surface area contributed by atoms with E-state index in [1.165, 1.54) is 38.4 Å². The molecule has 0 bridgehead atoms. The normalized spacial score (nSPS) is 13.8. The first kappa shape index (κ1) is 7.34. The highest BCUT2D eigenvalue weighted by atomic mass is 32.2. The minimum absolute atomic E-state index is 0.151. The van der Waals surface area contributed by atoms with Crippen molar-refractivity contribution in [2.75, 3.05) is 19.8 Å². The molecule has 2 N–H and O–H groups in total. The summed E-state index contributed by atoms with van der Waals surface area (Å²) < 4.78 is 38.3. The van der Waals surface area contributed by atoms with E-state index < -0.39 is 10.0 Å². The molecule has 0 aromatic heterocycles. The maximum atomic E-state index is 11.6. The number of hydrogen-bond acceptors (Lipinski definition) is 3. The number of rotatable bonds is 3. The molecule has 0 heterocycles. The summed E-state index contributed by atoms with van der Waals surface area (Å²) in [5.74, 6) is 0. The maximum absolute atomic E-state index is 11.6. The molecule has 1 aromatic rings. The smallest absolute Gasteiger partial charge is 0.242 e. The Balaban J connectivity index is 3.10. The molecule has 5 heteroatoms. The van der Waals surface area contributed by atoms with Crippen LogP contribution in [0.4, 0.5) is 5.69 Å². The average molecular weight is 202 g/mol. The monoisotopic (exact) mass is 202 g/mol. The number of hydrogen-bond donors (Lipinski definition) is 1. The zero-order chi connectivity index (χ0) is 11.6. The van der Waals surface area contributed by atoms with Crippen molar-refractivity contribution in [3.8, 4) is 0 Å². The Morgan fingerprint density at radius 1 is 1.31 bits per heavy atom. The van der Waals surface area contributed by atoms with Crippen molar-refractivity contribution in [3.05, 3.63) is 24.3 Å². The summed E-state index contributed by atoms with van der Waals surface area (Å²) >= 11 is 0. The van der Waals surface area contributed by atoms with Gasteiger partial charge in [0, 0.05) is 19.8 Å². The van der Waals surface area contributed by atoms with Crippen LogP contribution in [0.3, 0.4) is 0 Å². The number of sulfonamides is 1.